The number of rotatable bonds is 6. The zero-order valence-electron chi connectivity index (χ0n) is 16.2. The third-order valence-corrected chi connectivity index (χ3v) is 6.01. The molecule has 3 heterocycles. The lowest BCUT2D eigenvalue weighted by molar-refractivity contribution is -0.0432. The van der Waals surface area contributed by atoms with Gasteiger partial charge in [-0.25, -0.2) is 4.98 Å². The van der Waals surface area contributed by atoms with Crippen LogP contribution in [0.15, 0.2) is 6.33 Å². The summed E-state index contributed by atoms with van der Waals surface area (Å²) in [7, 11) is 0. The van der Waals surface area contributed by atoms with Crippen molar-refractivity contribution < 1.29 is 19.7 Å². The molecule has 0 spiro atoms. The van der Waals surface area contributed by atoms with Crippen molar-refractivity contribution in [3.05, 3.63) is 6.33 Å². The van der Waals surface area contributed by atoms with Gasteiger partial charge in [-0.05, 0) is 18.3 Å². The van der Waals surface area contributed by atoms with Crippen molar-refractivity contribution in [2.24, 2.45) is 11.8 Å². The lowest BCUT2D eigenvalue weighted by Gasteiger charge is -2.25. The molecule has 1 saturated carbocycles. The number of aliphatic hydroxyl groups is 2. The van der Waals surface area contributed by atoms with E-state index in [4.69, 9.17) is 15.2 Å². The molecule has 3 atom stereocenters. The summed E-state index contributed by atoms with van der Waals surface area (Å²) in [6, 6.07) is 0.230. The molecule has 9 nitrogen and oxygen atoms in total. The monoisotopic (exact) mass is 391 g/mol. The van der Waals surface area contributed by atoms with E-state index < -0.39 is 18.4 Å². The van der Waals surface area contributed by atoms with E-state index in [2.05, 4.69) is 21.9 Å². The number of nitrogen functional groups attached to an aromatic ring is 1. The van der Waals surface area contributed by atoms with Crippen LogP contribution in [0.3, 0.4) is 0 Å². The molecular weight excluding hydrogens is 362 g/mol. The van der Waals surface area contributed by atoms with Crippen molar-refractivity contribution in [3.63, 3.8) is 0 Å². The van der Waals surface area contributed by atoms with E-state index >= 15 is 0 Å². The quantitative estimate of drug-likeness (QED) is 0.678. The van der Waals surface area contributed by atoms with E-state index in [9.17, 15) is 10.2 Å². The van der Waals surface area contributed by atoms with E-state index in [1.54, 1.807) is 10.9 Å². The highest BCUT2D eigenvalue weighted by molar-refractivity contribution is 5.82. The third-order valence-electron chi connectivity index (χ3n) is 6.01. The van der Waals surface area contributed by atoms with Gasteiger partial charge in [-0.1, -0.05) is 32.6 Å². The molecule has 9 heteroatoms. The number of imidazole rings is 1. The van der Waals surface area contributed by atoms with Gasteiger partial charge in [0.05, 0.1) is 25.6 Å². The topological polar surface area (TPSA) is 129 Å². The minimum absolute atomic E-state index is 0.230. The van der Waals surface area contributed by atoms with Crippen molar-refractivity contribution in [2.75, 3.05) is 18.9 Å². The number of aliphatic hydroxyl groups excluding tert-OH is 2. The highest BCUT2D eigenvalue weighted by atomic mass is 16.5. The number of hydrogen-bond donors (Lipinski definition) is 3. The number of anilines is 1. The normalized spacial score (nSPS) is 30.8. The Bertz CT molecular complexity index is 805. The molecule has 2 unspecified atom stereocenters. The molecule has 0 radical (unpaired) electrons. The van der Waals surface area contributed by atoms with E-state index in [0.29, 0.717) is 30.1 Å². The van der Waals surface area contributed by atoms with Crippen molar-refractivity contribution in [1.29, 1.82) is 0 Å². The maximum Gasteiger partial charge on any atom is 0.320 e. The molecule has 2 aromatic heterocycles. The molecule has 0 amide bonds. The largest absolute Gasteiger partial charge is 0.463 e. The van der Waals surface area contributed by atoms with Gasteiger partial charge in [0.15, 0.2) is 17.0 Å². The Morgan fingerprint density at radius 2 is 2.07 bits per heavy atom. The second-order valence-corrected chi connectivity index (χ2v) is 8.09. The first-order chi connectivity index (χ1) is 13.5. The van der Waals surface area contributed by atoms with Crippen molar-refractivity contribution >= 4 is 17.0 Å². The molecular formula is C19H29N5O4. The maximum absolute atomic E-state index is 9.99. The van der Waals surface area contributed by atoms with Crippen LogP contribution >= 0.6 is 0 Å². The molecule has 0 bridgehead atoms. The number of hydrogen-bond acceptors (Lipinski definition) is 8. The smallest absolute Gasteiger partial charge is 0.320 e. The van der Waals surface area contributed by atoms with Crippen LogP contribution in [-0.4, -0.2) is 55.2 Å². The van der Waals surface area contributed by atoms with Gasteiger partial charge >= 0.3 is 6.01 Å². The van der Waals surface area contributed by atoms with Crippen LogP contribution in [0.5, 0.6) is 6.01 Å². The number of nitrogens with two attached hydrogens (primary N) is 1. The van der Waals surface area contributed by atoms with Crippen molar-refractivity contribution in [3.8, 4) is 6.01 Å². The van der Waals surface area contributed by atoms with Gasteiger partial charge < -0.3 is 25.4 Å². The van der Waals surface area contributed by atoms with Crippen LogP contribution in [0.4, 0.5) is 5.82 Å². The molecule has 1 aliphatic heterocycles. The summed E-state index contributed by atoms with van der Waals surface area (Å²) >= 11 is 0. The average Bonchev–Trinajstić information content (AvgIpc) is 3.26. The summed E-state index contributed by atoms with van der Waals surface area (Å²) in [5, 5.41) is 19.3. The molecule has 2 aromatic rings. The minimum Gasteiger partial charge on any atom is -0.463 e. The maximum atomic E-state index is 9.99. The average molecular weight is 391 g/mol. The minimum atomic E-state index is -0.736. The van der Waals surface area contributed by atoms with Gasteiger partial charge in [-0.3, -0.25) is 4.57 Å². The van der Waals surface area contributed by atoms with Crippen LogP contribution in [0.1, 0.15) is 51.7 Å². The number of aromatic nitrogens is 4. The van der Waals surface area contributed by atoms with E-state index in [1.807, 2.05) is 0 Å². The summed E-state index contributed by atoms with van der Waals surface area (Å²) < 4.78 is 13.2. The Labute approximate surface area is 163 Å². The lowest BCUT2D eigenvalue weighted by atomic mass is 9.82. The van der Waals surface area contributed by atoms with E-state index in [1.165, 1.54) is 25.7 Å². The fourth-order valence-corrected chi connectivity index (χ4v) is 4.18. The number of nitrogens with zero attached hydrogens (tertiary/aromatic N) is 4. The fourth-order valence-electron chi connectivity index (χ4n) is 4.18. The Balaban J connectivity index is 1.45. The predicted octanol–water partition coefficient (Wildman–Crippen LogP) is 1.64. The molecule has 154 valence electrons. The van der Waals surface area contributed by atoms with Crippen molar-refractivity contribution in [1.82, 2.24) is 19.5 Å². The van der Waals surface area contributed by atoms with Gasteiger partial charge in [0.25, 0.3) is 0 Å². The summed E-state index contributed by atoms with van der Waals surface area (Å²) in [5.74, 6) is 1.79. The third kappa shape index (κ3) is 3.92. The molecule has 1 saturated heterocycles. The summed E-state index contributed by atoms with van der Waals surface area (Å²) in [4.78, 5) is 13.0. The Morgan fingerprint density at radius 1 is 1.29 bits per heavy atom. The summed E-state index contributed by atoms with van der Waals surface area (Å²) in [6.07, 6.45) is 6.18. The number of ether oxygens (including phenoxy) is 2. The first-order valence-corrected chi connectivity index (χ1v) is 10.1. The summed E-state index contributed by atoms with van der Waals surface area (Å²) in [6.45, 7) is 2.64. The van der Waals surface area contributed by atoms with Gasteiger partial charge in [0.1, 0.15) is 12.3 Å². The van der Waals surface area contributed by atoms with E-state index in [0.717, 1.165) is 12.3 Å². The Kier molecular flexibility index (Phi) is 5.65. The van der Waals surface area contributed by atoms with Gasteiger partial charge in [-0.2, -0.15) is 9.97 Å². The van der Waals surface area contributed by atoms with Gasteiger partial charge in [-0.15, -0.1) is 0 Å². The van der Waals surface area contributed by atoms with Crippen LogP contribution in [0.25, 0.3) is 11.2 Å². The molecule has 2 aliphatic rings. The standard InChI is InChI=1S/C19H29N5O4/c1-11-2-4-12(5-3-11)6-7-27-19-22-17(20)16-18(23-19)24(10-21-16)15-8-13(26)14(9-25)28-15/h10-15,25-26H,2-9H2,1H3,(H2,20,22,23)/t11?,12?,13-,14?,15?/m0/s1. The molecule has 28 heavy (non-hydrogen) atoms. The van der Waals surface area contributed by atoms with E-state index in [-0.39, 0.29) is 18.4 Å². The second kappa shape index (κ2) is 8.18. The van der Waals surface area contributed by atoms with Crippen LogP contribution in [-0.2, 0) is 4.74 Å². The lowest BCUT2D eigenvalue weighted by Crippen LogP contribution is -2.24. The zero-order valence-corrected chi connectivity index (χ0v) is 16.2. The SMILES string of the molecule is CC1CCC(CCOc2nc(N)c3ncn(C4C[C@H](O)C(CO)O4)c3n2)CC1. The Morgan fingerprint density at radius 3 is 2.79 bits per heavy atom. The molecule has 4 N–H and O–H groups in total. The highest BCUT2D eigenvalue weighted by Gasteiger charge is 2.35. The van der Waals surface area contributed by atoms with Crippen LogP contribution in [0, 0.1) is 11.8 Å². The first-order valence-electron chi connectivity index (χ1n) is 10.1. The Hall–Kier alpha value is -1.97. The highest BCUT2D eigenvalue weighted by Crippen LogP contribution is 2.32. The van der Waals surface area contributed by atoms with Crippen molar-refractivity contribution in [2.45, 2.75) is 63.9 Å². The molecule has 2 fully saturated rings. The fraction of sp³-hybridized carbons (Fsp3) is 0.737. The zero-order chi connectivity index (χ0) is 19.7. The molecule has 4 rings (SSSR count). The first kappa shape index (κ1) is 19.4. The number of fused-ring (bicyclic) bond motifs is 1. The van der Waals surface area contributed by atoms with Crippen LogP contribution < -0.4 is 10.5 Å². The van der Waals surface area contributed by atoms with Crippen LogP contribution in [0.2, 0.25) is 0 Å². The van der Waals surface area contributed by atoms with Gasteiger partial charge in [0.2, 0.25) is 0 Å². The van der Waals surface area contributed by atoms with Gasteiger partial charge in [0, 0.05) is 6.42 Å². The second-order valence-electron chi connectivity index (χ2n) is 8.09. The molecule has 0 aromatic carbocycles. The predicted molar refractivity (Wildman–Crippen MR) is 103 cm³/mol. The molecule has 1 aliphatic carbocycles. The summed E-state index contributed by atoms with van der Waals surface area (Å²) in [5.41, 5.74) is 7.02.